The van der Waals surface area contributed by atoms with Crippen LogP contribution >= 0.6 is 0 Å². The van der Waals surface area contributed by atoms with Crippen LogP contribution in [0.5, 0.6) is 0 Å². The molecular weight excluding hydrogens is 441 g/mol. The minimum Gasteiger partial charge on any atom is -0.354 e. The van der Waals surface area contributed by atoms with Gasteiger partial charge in [0.05, 0.1) is 17.9 Å². The van der Waals surface area contributed by atoms with Crippen LogP contribution in [0.1, 0.15) is 70.6 Å². The molecule has 192 valence electrons. The second kappa shape index (κ2) is 11.5. The number of rotatable bonds is 11. The molecule has 2 fully saturated rings. The molecule has 0 spiro atoms. The number of piperazine rings is 1. The van der Waals surface area contributed by atoms with Crippen molar-refractivity contribution in [2.75, 3.05) is 37.6 Å². The van der Waals surface area contributed by atoms with E-state index in [4.69, 9.17) is 5.10 Å². The van der Waals surface area contributed by atoms with E-state index >= 15 is 0 Å². The fourth-order valence-electron chi connectivity index (χ4n) is 5.25. The lowest BCUT2D eigenvalue weighted by atomic mass is 9.97. The van der Waals surface area contributed by atoms with E-state index in [1.165, 1.54) is 6.07 Å². The smallest absolute Gasteiger partial charge is 0.226 e. The summed E-state index contributed by atoms with van der Waals surface area (Å²) < 4.78 is 16.1. The second-order valence-corrected chi connectivity index (χ2v) is 10.1. The summed E-state index contributed by atoms with van der Waals surface area (Å²) in [6.45, 7) is 13.9. The molecule has 7 heteroatoms. The van der Waals surface area contributed by atoms with E-state index in [9.17, 15) is 9.18 Å². The summed E-state index contributed by atoms with van der Waals surface area (Å²) in [4.78, 5) is 20.7. The van der Waals surface area contributed by atoms with Crippen LogP contribution in [0, 0.1) is 18.7 Å². The molecule has 4 rings (SSSR count). The Labute approximate surface area is 210 Å². The molecule has 1 aliphatic heterocycles. The molecule has 1 aromatic heterocycles. The molecular formula is C28H42FN5O. The topological polar surface area (TPSA) is 44.6 Å². The second-order valence-electron chi connectivity index (χ2n) is 10.1. The molecule has 1 amide bonds. The van der Waals surface area contributed by atoms with Gasteiger partial charge in [-0.25, -0.2) is 9.07 Å². The number of hydrogen-bond donors (Lipinski definition) is 0. The summed E-state index contributed by atoms with van der Waals surface area (Å²) in [6.07, 6.45) is 6.21. The van der Waals surface area contributed by atoms with Crippen molar-refractivity contribution in [2.24, 2.45) is 5.92 Å². The fourth-order valence-corrected chi connectivity index (χ4v) is 5.25. The predicted octanol–water partition coefficient (Wildman–Crippen LogP) is 5.17. The highest BCUT2D eigenvalue weighted by Crippen LogP contribution is 2.35. The molecule has 1 aromatic carbocycles. The molecule has 0 bridgehead atoms. The first-order valence-corrected chi connectivity index (χ1v) is 13.6. The molecule has 0 unspecified atom stereocenters. The molecule has 0 N–H and O–H groups in total. The largest absolute Gasteiger partial charge is 0.354 e. The number of aromatic nitrogens is 2. The number of benzene rings is 1. The minimum absolute atomic E-state index is 0.0886. The zero-order valence-electron chi connectivity index (χ0n) is 22.0. The average Bonchev–Trinajstić information content (AvgIpc) is 3.66. The first-order valence-electron chi connectivity index (χ1n) is 13.6. The number of aryl methyl sites for hydroxylation is 1. The third kappa shape index (κ3) is 5.88. The van der Waals surface area contributed by atoms with Crippen molar-refractivity contribution in [3.05, 3.63) is 41.3 Å². The van der Waals surface area contributed by atoms with Crippen molar-refractivity contribution in [3.8, 4) is 5.69 Å². The molecule has 1 atom stereocenters. The number of halogens is 1. The summed E-state index contributed by atoms with van der Waals surface area (Å²) in [5.41, 5.74) is 2.75. The van der Waals surface area contributed by atoms with Gasteiger partial charge >= 0.3 is 0 Å². The molecule has 2 aliphatic rings. The quantitative estimate of drug-likeness (QED) is 0.442. The van der Waals surface area contributed by atoms with Gasteiger partial charge in [0.1, 0.15) is 11.6 Å². The van der Waals surface area contributed by atoms with E-state index in [1.54, 1.807) is 12.1 Å². The molecule has 35 heavy (non-hydrogen) atoms. The third-order valence-corrected chi connectivity index (χ3v) is 7.68. The van der Waals surface area contributed by atoms with Gasteiger partial charge in [-0.15, -0.1) is 0 Å². The maximum Gasteiger partial charge on any atom is 0.226 e. The van der Waals surface area contributed by atoms with Crippen LogP contribution in [0.25, 0.3) is 5.69 Å². The standard InChI is InChI=1S/C28H42FN5O/c1-5-8-10-22(6-2)28(35)33(24-13-14-24)20-26-21(4)30-34(25-12-9-11-23(29)19-25)27(26)32-17-15-31(7-3)16-18-32/h9,11-12,19,22,24H,5-8,10,13-18,20H2,1-4H3/t22-/m1/s1. The van der Waals surface area contributed by atoms with Crippen molar-refractivity contribution in [2.45, 2.75) is 78.8 Å². The van der Waals surface area contributed by atoms with Crippen LogP contribution in [-0.4, -0.2) is 64.3 Å². The van der Waals surface area contributed by atoms with Crippen molar-refractivity contribution in [3.63, 3.8) is 0 Å². The van der Waals surface area contributed by atoms with Crippen molar-refractivity contribution < 1.29 is 9.18 Å². The van der Waals surface area contributed by atoms with Crippen LogP contribution in [-0.2, 0) is 11.3 Å². The lowest BCUT2D eigenvalue weighted by molar-refractivity contribution is -0.137. The third-order valence-electron chi connectivity index (χ3n) is 7.68. The molecule has 0 radical (unpaired) electrons. The fraction of sp³-hybridized carbons (Fsp3) is 0.643. The predicted molar refractivity (Wildman–Crippen MR) is 139 cm³/mol. The summed E-state index contributed by atoms with van der Waals surface area (Å²) in [5.74, 6) is 1.13. The SMILES string of the molecule is CCCC[C@@H](CC)C(=O)N(Cc1c(C)nn(-c2cccc(F)c2)c1N1CCN(CC)CC1)C1CC1. The monoisotopic (exact) mass is 483 g/mol. The zero-order chi connectivity index (χ0) is 24.9. The summed E-state index contributed by atoms with van der Waals surface area (Å²) in [7, 11) is 0. The highest BCUT2D eigenvalue weighted by Gasteiger charge is 2.37. The zero-order valence-corrected chi connectivity index (χ0v) is 22.0. The Morgan fingerprint density at radius 2 is 1.91 bits per heavy atom. The van der Waals surface area contributed by atoms with E-state index in [-0.39, 0.29) is 11.7 Å². The Morgan fingerprint density at radius 3 is 2.51 bits per heavy atom. The Hall–Kier alpha value is -2.41. The Balaban J connectivity index is 1.69. The Bertz CT molecular complexity index is 993. The molecule has 2 heterocycles. The molecule has 6 nitrogen and oxygen atoms in total. The molecule has 2 aromatic rings. The number of amides is 1. The molecule has 1 aliphatic carbocycles. The highest BCUT2D eigenvalue weighted by atomic mass is 19.1. The van der Waals surface area contributed by atoms with Crippen LogP contribution in [0.2, 0.25) is 0 Å². The first kappa shape index (κ1) is 25.7. The van der Waals surface area contributed by atoms with E-state index in [0.717, 1.165) is 94.0 Å². The number of likely N-dealkylation sites (N-methyl/N-ethyl adjacent to an activating group) is 1. The maximum absolute atomic E-state index is 14.2. The van der Waals surface area contributed by atoms with Crippen molar-refractivity contribution in [1.29, 1.82) is 0 Å². The van der Waals surface area contributed by atoms with E-state index in [0.29, 0.717) is 18.5 Å². The average molecular weight is 484 g/mol. The Morgan fingerprint density at radius 1 is 1.17 bits per heavy atom. The van der Waals surface area contributed by atoms with Gasteiger partial charge < -0.3 is 14.7 Å². The summed E-state index contributed by atoms with van der Waals surface area (Å²) >= 11 is 0. The lowest BCUT2D eigenvalue weighted by Gasteiger charge is -2.36. The van der Waals surface area contributed by atoms with Crippen molar-refractivity contribution in [1.82, 2.24) is 19.6 Å². The highest BCUT2D eigenvalue weighted by molar-refractivity contribution is 5.79. The van der Waals surface area contributed by atoms with Gasteiger partial charge in [0.15, 0.2) is 0 Å². The van der Waals surface area contributed by atoms with Gasteiger partial charge in [-0.1, -0.05) is 39.7 Å². The number of carbonyl (C=O) groups excluding carboxylic acids is 1. The van der Waals surface area contributed by atoms with Gasteiger partial charge in [-0.3, -0.25) is 4.79 Å². The molecule has 1 saturated heterocycles. The number of hydrogen-bond acceptors (Lipinski definition) is 4. The van der Waals surface area contributed by atoms with Crippen molar-refractivity contribution >= 4 is 11.7 Å². The van der Waals surface area contributed by atoms with Gasteiger partial charge in [0, 0.05) is 43.7 Å². The van der Waals surface area contributed by atoms with Gasteiger partial charge in [-0.05, 0) is 57.4 Å². The summed E-state index contributed by atoms with van der Waals surface area (Å²) in [6, 6.07) is 6.99. The lowest BCUT2D eigenvalue weighted by Crippen LogP contribution is -2.47. The van der Waals surface area contributed by atoms with Gasteiger partial charge in [0.2, 0.25) is 5.91 Å². The number of anilines is 1. The number of unbranched alkanes of at least 4 members (excludes halogenated alkanes) is 1. The molecule has 1 saturated carbocycles. The van der Waals surface area contributed by atoms with E-state index in [2.05, 4.69) is 35.5 Å². The Kier molecular flexibility index (Phi) is 8.47. The van der Waals surface area contributed by atoms with Crippen LogP contribution < -0.4 is 4.90 Å². The van der Waals surface area contributed by atoms with Crippen LogP contribution in [0.15, 0.2) is 24.3 Å². The van der Waals surface area contributed by atoms with Crippen LogP contribution in [0.3, 0.4) is 0 Å². The number of carbonyl (C=O) groups is 1. The first-order chi connectivity index (χ1) is 17.0. The van der Waals surface area contributed by atoms with Crippen LogP contribution in [0.4, 0.5) is 10.2 Å². The normalized spacial score (nSPS) is 17.6. The number of nitrogens with zero attached hydrogens (tertiary/aromatic N) is 5. The van der Waals surface area contributed by atoms with E-state index < -0.39 is 0 Å². The van der Waals surface area contributed by atoms with E-state index in [1.807, 2.05) is 17.7 Å². The summed E-state index contributed by atoms with van der Waals surface area (Å²) in [5, 5.41) is 4.90. The van der Waals surface area contributed by atoms with Gasteiger partial charge in [0.25, 0.3) is 0 Å². The van der Waals surface area contributed by atoms with Gasteiger partial charge in [-0.2, -0.15) is 5.10 Å². The maximum atomic E-state index is 14.2. The minimum atomic E-state index is -0.268.